The number of fused-ring (bicyclic) bond motifs is 1. The van der Waals surface area contributed by atoms with Crippen LogP contribution in [0.4, 0.5) is 0 Å². The number of carboxylic acids is 1. The number of nitrogens with zero attached hydrogens (tertiary/aromatic N) is 1. The molecule has 0 saturated carbocycles. The molecule has 2 aliphatic rings. The summed E-state index contributed by atoms with van der Waals surface area (Å²) in [4.78, 5) is 13.2. The molecule has 0 amide bonds. The van der Waals surface area contributed by atoms with E-state index in [9.17, 15) is 4.79 Å². The van der Waals surface area contributed by atoms with Crippen molar-refractivity contribution in [3.63, 3.8) is 0 Å². The van der Waals surface area contributed by atoms with Crippen molar-refractivity contribution in [3.8, 4) is 5.75 Å². The highest BCUT2D eigenvalue weighted by Gasteiger charge is 2.47. The molecular weight excluding hydrogens is 318 g/mol. The zero-order chi connectivity index (χ0) is 18.1. The second-order valence-corrected chi connectivity index (χ2v) is 8.19. The molecular formula is C20H29NO4. The van der Waals surface area contributed by atoms with Gasteiger partial charge in [0.15, 0.2) is 6.61 Å². The van der Waals surface area contributed by atoms with Crippen LogP contribution in [0, 0.1) is 5.92 Å². The van der Waals surface area contributed by atoms with Crippen LogP contribution in [0.1, 0.15) is 45.6 Å². The van der Waals surface area contributed by atoms with E-state index in [0.29, 0.717) is 11.7 Å². The Morgan fingerprint density at radius 2 is 2.08 bits per heavy atom. The average molecular weight is 347 g/mol. The quantitative estimate of drug-likeness (QED) is 0.885. The van der Waals surface area contributed by atoms with Gasteiger partial charge < -0.3 is 14.6 Å². The summed E-state index contributed by atoms with van der Waals surface area (Å²) in [6, 6.07) is 7.72. The molecule has 25 heavy (non-hydrogen) atoms. The van der Waals surface area contributed by atoms with Gasteiger partial charge in [-0.2, -0.15) is 0 Å². The third-order valence-electron chi connectivity index (χ3n) is 5.59. The normalized spacial score (nSPS) is 29.0. The van der Waals surface area contributed by atoms with Gasteiger partial charge in [-0.05, 0) is 46.1 Å². The second-order valence-electron chi connectivity index (χ2n) is 8.19. The van der Waals surface area contributed by atoms with E-state index in [1.54, 1.807) is 0 Å². The molecule has 2 saturated heterocycles. The van der Waals surface area contributed by atoms with Gasteiger partial charge in [-0.15, -0.1) is 0 Å². The summed E-state index contributed by atoms with van der Waals surface area (Å²) in [7, 11) is 0. The minimum Gasteiger partial charge on any atom is -0.482 e. The third kappa shape index (κ3) is 4.33. The van der Waals surface area contributed by atoms with Crippen molar-refractivity contribution >= 4 is 5.97 Å². The second kappa shape index (κ2) is 6.96. The molecule has 0 bridgehead atoms. The van der Waals surface area contributed by atoms with Crippen molar-refractivity contribution in [2.75, 3.05) is 19.7 Å². The fourth-order valence-corrected chi connectivity index (χ4v) is 4.21. The number of rotatable bonds is 5. The van der Waals surface area contributed by atoms with E-state index in [1.807, 2.05) is 24.3 Å². The van der Waals surface area contributed by atoms with Crippen LogP contribution in [0.3, 0.4) is 0 Å². The predicted molar refractivity (Wildman–Crippen MR) is 95.8 cm³/mol. The summed E-state index contributed by atoms with van der Waals surface area (Å²) in [5.41, 5.74) is 0.992. The summed E-state index contributed by atoms with van der Waals surface area (Å²) in [6.45, 7) is 9.12. The maximum atomic E-state index is 10.8. The van der Waals surface area contributed by atoms with Crippen molar-refractivity contribution in [2.45, 2.75) is 57.8 Å². The van der Waals surface area contributed by atoms with Gasteiger partial charge in [0.05, 0.1) is 11.2 Å². The molecule has 0 aliphatic carbocycles. The Morgan fingerprint density at radius 3 is 2.84 bits per heavy atom. The number of carboxylic acid groups (broad SMARTS) is 1. The lowest BCUT2D eigenvalue weighted by atomic mass is 9.74. The molecule has 0 radical (unpaired) electrons. The molecule has 3 rings (SSSR count). The van der Waals surface area contributed by atoms with E-state index < -0.39 is 5.97 Å². The minimum atomic E-state index is -0.953. The van der Waals surface area contributed by atoms with E-state index in [-0.39, 0.29) is 17.8 Å². The van der Waals surface area contributed by atoms with Crippen LogP contribution in [0.5, 0.6) is 5.75 Å². The number of ether oxygens (including phenoxy) is 2. The standard InChI is InChI=1S/C20H29NO4/c1-19(2)9-8-16-13-21(11-10-20(16,3)25-19)12-15-6-4-5-7-17(15)24-14-18(22)23/h4-7,16H,8-14H2,1-3H3,(H,22,23)/t16-,20+/m0/s1. The monoisotopic (exact) mass is 347 g/mol. The van der Waals surface area contributed by atoms with Crippen LogP contribution in [-0.2, 0) is 16.1 Å². The van der Waals surface area contributed by atoms with Crippen molar-refractivity contribution in [2.24, 2.45) is 5.92 Å². The SMILES string of the molecule is CC1(C)CC[C@H]2CN(Cc3ccccc3OCC(=O)O)CC[C@@]2(C)O1. The number of piperidine rings is 1. The van der Waals surface area contributed by atoms with Gasteiger partial charge in [-0.1, -0.05) is 18.2 Å². The molecule has 2 heterocycles. The molecule has 0 aromatic heterocycles. The highest BCUT2D eigenvalue weighted by Crippen LogP contribution is 2.44. The Hall–Kier alpha value is -1.59. The van der Waals surface area contributed by atoms with E-state index in [0.717, 1.165) is 38.0 Å². The molecule has 138 valence electrons. The summed E-state index contributed by atoms with van der Waals surface area (Å²) >= 11 is 0. The number of benzene rings is 1. The number of hydrogen-bond donors (Lipinski definition) is 1. The first-order valence-corrected chi connectivity index (χ1v) is 9.12. The summed E-state index contributed by atoms with van der Waals surface area (Å²) in [6.07, 6.45) is 3.32. The third-order valence-corrected chi connectivity index (χ3v) is 5.59. The minimum absolute atomic E-state index is 0.0231. The molecule has 1 aromatic rings. The largest absolute Gasteiger partial charge is 0.482 e. The van der Waals surface area contributed by atoms with Gasteiger partial charge in [0, 0.05) is 31.1 Å². The van der Waals surface area contributed by atoms with Gasteiger partial charge >= 0.3 is 5.97 Å². The lowest BCUT2D eigenvalue weighted by Crippen LogP contribution is -2.57. The zero-order valence-corrected chi connectivity index (χ0v) is 15.5. The topological polar surface area (TPSA) is 59.0 Å². The molecule has 1 aromatic carbocycles. The van der Waals surface area contributed by atoms with Crippen LogP contribution in [0.15, 0.2) is 24.3 Å². The molecule has 2 atom stereocenters. The van der Waals surface area contributed by atoms with Crippen molar-refractivity contribution in [1.29, 1.82) is 0 Å². The lowest BCUT2D eigenvalue weighted by molar-refractivity contribution is -0.214. The first-order valence-electron chi connectivity index (χ1n) is 9.12. The smallest absolute Gasteiger partial charge is 0.341 e. The number of carbonyl (C=O) groups is 1. The summed E-state index contributed by atoms with van der Waals surface area (Å²) < 4.78 is 11.9. The number of hydrogen-bond acceptors (Lipinski definition) is 4. The van der Waals surface area contributed by atoms with E-state index >= 15 is 0 Å². The molecule has 5 nitrogen and oxygen atoms in total. The van der Waals surface area contributed by atoms with Crippen molar-refractivity contribution < 1.29 is 19.4 Å². The van der Waals surface area contributed by atoms with Gasteiger partial charge in [0.2, 0.25) is 0 Å². The van der Waals surface area contributed by atoms with Crippen LogP contribution < -0.4 is 4.74 Å². The zero-order valence-electron chi connectivity index (χ0n) is 15.5. The number of aliphatic carboxylic acids is 1. The van der Waals surface area contributed by atoms with Gasteiger partial charge in [0.1, 0.15) is 5.75 Å². The van der Waals surface area contributed by atoms with Gasteiger partial charge in [-0.3, -0.25) is 4.90 Å². The average Bonchev–Trinajstić information content (AvgIpc) is 2.53. The van der Waals surface area contributed by atoms with Gasteiger partial charge in [0.25, 0.3) is 0 Å². The highest BCUT2D eigenvalue weighted by atomic mass is 16.5. The van der Waals surface area contributed by atoms with Crippen LogP contribution in [-0.4, -0.2) is 46.9 Å². The first kappa shape index (κ1) is 18.2. The van der Waals surface area contributed by atoms with E-state index in [4.69, 9.17) is 14.6 Å². The molecule has 5 heteroatoms. The molecule has 2 aliphatic heterocycles. The Bertz CT molecular complexity index is 630. The van der Waals surface area contributed by atoms with Crippen LogP contribution in [0.2, 0.25) is 0 Å². The number of likely N-dealkylation sites (tertiary alicyclic amines) is 1. The van der Waals surface area contributed by atoms with Crippen LogP contribution >= 0.6 is 0 Å². The molecule has 1 N–H and O–H groups in total. The highest BCUT2D eigenvalue weighted by molar-refractivity contribution is 5.68. The predicted octanol–water partition coefficient (Wildman–Crippen LogP) is 3.32. The Morgan fingerprint density at radius 1 is 1.32 bits per heavy atom. The van der Waals surface area contributed by atoms with E-state index in [1.165, 1.54) is 6.42 Å². The molecule has 0 unspecified atom stereocenters. The Balaban J connectivity index is 1.65. The fourth-order valence-electron chi connectivity index (χ4n) is 4.21. The van der Waals surface area contributed by atoms with Crippen molar-refractivity contribution in [1.82, 2.24) is 4.90 Å². The van der Waals surface area contributed by atoms with Crippen LogP contribution in [0.25, 0.3) is 0 Å². The lowest BCUT2D eigenvalue weighted by Gasteiger charge is -2.53. The van der Waals surface area contributed by atoms with Gasteiger partial charge in [-0.25, -0.2) is 4.79 Å². The van der Waals surface area contributed by atoms with Crippen molar-refractivity contribution in [3.05, 3.63) is 29.8 Å². The maximum absolute atomic E-state index is 10.8. The summed E-state index contributed by atoms with van der Waals surface area (Å²) in [5, 5.41) is 8.84. The maximum Gasteiger partial charge on any atom is 0.341 e. The molecule has 2 fully saturated rings. The number of para-hydroxylation sites is 1. The fraction of sp³-hybridized carbons (Fsp3) is 0.650. The summed E-state index contributed by atoms with van der Waals surface area (Å²) in [5.74, 6) is 0.256. The molecule has 0 spiro atoms. The van der Waals surface area contributed by atoms with E-state index in [2.05, 4.69) is 25.7 Å². The first-order chi connectivity index (χ1) is 11.8. The Kier molecular flexibility index (Phi) is 5.07. The Labute approximate surface area is 149 Å².